The minimum atomic E-state index is -0.570. The van der Waals surface area contributed by atoms with Crippen molar-refractivity contribution < 1.29 is 4.42 Å². The molecule has 1 N–H and O–H groups in total. The van der Waals surface area contributed by atoms with Gasteiger partial charge in [-0.25, -0.2) is 4.68 Å². The first-order valence-corrected chi connectivity index (χ1v) is 12.9. The molecule has 5 rings (SSSR count). The molecule has 0 bridgehead atoms. The lowest BCUT2D eigenvalue weighted by Gasteiger charge is -2.32. The summed E-state index contributed by atoms with van der Waals surface area (Å²) in [6, 6.07) is 17.0. The Hall–Kier alpha value is -3.75. The van der Waals surface area contributed by atoms with Gasteiger partial charge in [-0.15, -0.1) is 5.10 Å². The van der Waals surface area contributed by atoms with Crippen molar-refractivity contribution >= 4 is 22.5 Å². The molecule has 38 heavy (non-hydrogen) atoms. The van der Waals surface area contributed by atoms with Gasteiger partial charge < -0.3 is 9.40 Å². The van der Waals surface area contributed by atoms with Gasteiger partial charge in [0.2, 0.25) is 0 Å². The number of aromatic amines is 1. The van der Waals surface area contributed by atoms with Gasteiger partial charge in [0, 0.05) is 22.6 Å². The molecule has 5 aromatic rings. The van der Waals surface area contributed by atoms with Crippen LogP contribution in [0.15, 0.2) is 70.1 Å². The maximum atomic E-state index is 13.7. The van der Waals surface area contributed by atoms with E-state index in [9.17, 15) is 4.79 Å². The molecular formula is C29H31ClN6O2. The third-order valence-electron chi connectivity index (χ3n) is 6.76. The average molecular weight is 531 g/mol. The van der Waals surface area contributed by atoms with E-state index in [0.717, 1.165) is 33.4 Å². The van der Waals surface area contributed by atoms with Crippen LogP contribution in [0.3, 0.4) is 0 Å². The van der Waals surface area contributed by atoms with E-state index in [1.54, 1.807) is 10.9 Å². The van der Waals surface area contributed by atoms with Gasteiger partial charge in [0.25, 0.3) is 5.56 Å². The Bertz CT molecular complexity index is 1610. The summed E-state index contributed by atoms with van der Waals surface area (Å²) in [5.74, 6) is 1.34. The van der Waals surface area contributed by atoms with E-state index in [-0.39, 0.29) is 5.56 Å². The predicted molar refractivity (Wildman–Crippen MR) is 148 cm³/mol. The summed E-state index contributed by atoms with van der Waals surface area (Å²) in [6.45, 7) is 11.2. The Morgan fingerprint density at radius 1 is 1.05 bits per heavy atom. The molecule has 0 radical (unpaired) electrons. The number of hydrogen-bond donors (Lipinski definition) is 1. The second kappa shape index (κ2) is 10.2. The van der Waals surface area contributed by atoms with E-state index in [2.05, 4.69) is 38.4 Å². The van der Waals surface area contributed by atoms with Crippen LogP contribution in [-0.4, -0.2) is 30.1 Å². The highest BCUT2D eigenvalue weighted by Crippen LogP contribution is 2.32. The number of pyridine rings is 1. The molecule has 9 heteroatoms. The summed E-state index contributed by atoms with van der Waals surface area (Å²) >= 11 is 6.17. The Labute approximate surface area is 226 Å². The van der Waals surface area contributed by atoms with Gasteiger partial charge in [-0.05, 0) is 110 Å². The SMILES string of the molecule is Cc1cc2cc([C@@H](c3nnnn3C(C)(C)C)N(Cc3ccc(Cl)cc3)Cc3ccco3)c(=O)[nH]c2cc1C. The lowest BCUT2D eigenvalue weighted by atomic mass is 9.99. The van der Waals surface area contributed by atoms with Crippen LogP contribution >= 0.6 is 11.6 Å². The first-order chi connectivity index (χ1) is 18.1. The molecule has 3 heterocycles. The van der Waals surface area contributed by atoms with Crippen LogP contribution in [0, 0.1) is 13.8 Å². The third-order valence-corrected chi connectivity index (χ3v) is 7.01. The van der Waals surface area contributed by atoms with Crippen molar-refractivity contribution in [2.75, 3.05) is 0 Å². The van der Waals surface area contributed by atoms with Crippen molar-refractivity contribution in [3.8, 4) is 0 Å². The number of nitrogens with zero attached hydrogens (tertiary/aromatic N) is 5. The third kappa shape index (κ3) is 5.28. The highest BCUT2D eigenvalue weighted by molar-refractivity contribution is 6.30. The molecule has 3 aromatic heterocycles. The number of rotatable bonds is 7. The summed E-state index contributed by atoms with van der Waals surface area (Å²) in [5.41, 5.74) is 4.06. The van der Waals surface area contributed by atoms with E-state index < -0.39 is 11.6 Å². The zero-order chi connectivity index (χ0) is 27.0. The van der Waals surface area contributed by atoms with Crippen LogP contribution in [0.4, 0.5) is 0 Å². The molecule has 0 aliphatic carbocycles. The van der Waals surface area contributed by atoms with Crippen LogP contribution in [0.1, 0.15) is 60.7 Å². The van der Waals surface area contributed by atoms with Gasteiger partial charge in [-0.3, -0.25) is 9.69 Å². The molecule has 196 valence electrons. The van der Waals surface area contributed by atoms with E-state index in [0.29, 0.717) is 29.5 Å². The fourth-order valence-electron chi connectivity index (χ4n) is 4.70. The predicted octanol–water partition coefficient (Wildman–Crippen LogP) is 5.92. The Morgan fingerprint density at radius 3 is 2.47 bits per heavy atom. The van der Waals surface area contributed by atoms with Crippen molar-refractivity contribution in [2.45, 2.75) is 59.3 Å². The minimum absolute atomic E-state index is 0.185. The highest BCUT2D eigenvalue weighted by Gasteiger charge is 2.34. The first-order valence-electron chi connectivity index (χ1n) is 12.5. The van der Waals surface area contributed by atoms with Crippen molar-refractivity contribution in [1.29, 1.82) is 0 Å². The zero-order valence-corrected chi connectivity index (χ0v) is 23.0. The fourth-order valence-corrected chi connectivity index (χ4v) is 4.83. The summed E-state index contributed by atoms with van der Waals surface area (Å²) in [5, 5.41) is 14.4. The minimum Gasteiger partial charge on any atom is -0.468 e. The largest absolute Gasteiger partial charge is 0.468 e. The standard InChI is InChI=1S/C29H31ClN6O2/c1-18-13-21-15-24(28(37)31-25(21)14-19(18)2)26(27-32-33-34-36(27)29(3,4)5)35(17-23-7-6-12-38-23)16-20-8-10-22(30)11-9-20/h6-15,26H,16-17H2,1-5H3,(H,31,37)/t26-/m0/s1. The Kier molecular flexibility index (Phi) is 6.94. The van der Waals surface area contributed by atoms with Gasteiger partial charge in [-0.1, -0.05) is 23.7 Å². The molecule has 0 aliphatic rings. The van der Waals surface area contributed by atoms with Gasteiger partial charge in [0.05, 0.1) is 18.3 Å². The summed E-state index contributed by atoms with van der Waals surface area (Å²) in [6.07, 6.45) is 1.65. The van der Waals surface area contributed by atoms with E-state index in [1.165, 1.54) is 0 Å². The number of aryl methyl sites for hydroxylation is 2. The number of hydrogen-bond acceptors (Lipinski definition) is 6. The first kappa shape index (κ1) is 25.9. The van der Waals surface area contributed by atoms with E-state index in [1.807, 2.05) is 76.2 Å². The smallest absolute Gasteiger partial charge is 0.253 e. The molecule has 1 atom stereocenters. The van der Waals surface area contributed by atoms with Gasteiger partial charge in [0.1, 0.15) is 11.8 Å². The van der Waals surface area contributed by atoms with Crippen molar-refractivity contribution in [1.82, 2.24) is 30.1 Å². The molecule has 0 fully saturated rings. The van der Waals surface area contributed by atoms with Gasteiger partial charge in [-0.2, -0.15) is 0 Å². The quantitative estimate of drug-likeness (QED) is 0.280. The van der Waals surface area contributed by atoms with Crippen molar-refractivity contribution in [3.63, 3.8) is 0 Å². The topological polar surface area (TPSA) is 92.8 Å². The average Bonchev–Trinajstić information content (AvgIpc) is 3.55. The number of aromatic nitrogens is 5. The molecule has 0 spiro atoms. The summed E-state index contributed by atoms with van der Waals surface area (Å²) in [7, 11) is 0. The number of tetrazole rings is 1. The second-order valence-corrected chi connectivity index (χ2v) is 11.1. The van der Waals surface area contributed by atoms with Crippen LogP contribution in [0.5, 0.6) is 0 Å². The number of halogens is 1. The molecule has 0 unspecified atom stereocenters. The Balaban J connectivity index is 1.73. The zero-order valence-electron chi connectivity index (χ0n) is 22.2. The second-order valence-electron chi connectivity index (χ2n) is 10.7. The number of furan rings is 1. The Morgan fingerprint density at radius 2 is 1.79 bits per heavy atom. The van der Waals surface area contributed by atoms with Gasteiger partial charge in [0.15, 0.2) is 5.82 Å². The summed E-state index contributed by atoms with van der Waals surface area (Å²) in [4.78, 5) is 19.0. The molecule has 0 amide bonds. The highest BCUT2D eigenvalue weighted by atomic mass is 35.5. The molecular weight excluding hydrogens is 500 g/mol. The fraction of sp³-hybridized carbons (Fsp3) is 0.310. The normalized spacial score (nSPS) is 12.9. The number of nitrogens with one attached hydrogen (secondary N) is 1. The molecule has 0 saturated carbocycles. The number of H-pyrrole nitrogens is 1. The van der Waals surface area contributed by atoms with E-state index >= 15 is 0 Å². The number of benzene rings is 2. The van der Waals surface area contributed by atoms with Crippen molar-refractivity contribution in [3.05, 3.63) is 110 Å². The van der Waals surface area contributed by atoms with Crippen LogP contribution in [0.2, 0.25) is 5.02 Å². The summed E-state index contributed by atoms with van der Waals surface area (Å²) < 4.78 is 7.53. The molecule has 8 nitrogen and oxygen atoms in total. The molecule has 2 aromatic carbocycles. The van der Waals surface area contributed by atoms with E-state index in [4.69, 9.17) is 16.0 Å². The van der Waals surface area contributed by atoms with Gasteiger partial charge >= 0.3 is 0 Å². The lowest BCUT2D eigenvalue weighted by molar-refractivity contribution is 0.171. The van der Waals surface area contributed by atoms with Crippen LogP contribution in [0.25, 0.3) is 10.9 Å². The molecule has 0 aliphatic heterocycles. The molecule has 0 saturated heterocycles. The lowest BCUT2D eigenvalue weighted by Crippen LogP contribution is -2.37. The van der Waals surface area contributed by atoms with Crippen LogP contribution < -0.4 is 5.56 Å². The van der Waals surface area contributed by atoms with Crippen molar-refractivity contribution in [2.24, 2.45) is 0 Å². The van der Waals surface area contributed by atoms with Crippen LogP contribution in [-0.2, 0) is 18.6 Å². The monoisotopic (exact) mass is 530 g/mol. The maximum absolute atomic E-state index is 13.7. The number of fused-ring (bicyclic) bond motifs is 1. The maximum Gasteiger partial charge on any atom is 0.253 e.